The SMILES string of the molecule is Cc1ccc(F)c(NC(=O)C2NCCC2C)c1. The van der Waals surface area contributed by atoms with Gasteiger partial charge in [-0.25, -0.2) is 4.39 Å². The Morgan fingerprint density at radius 3 is 2.94 bits per heavy atom. The second-order valence-electron chi connectivity index (χ2n) is 4.67. The largest absolute Gasteiger partial charge is 0.322 e. The van der Waals surface area contributed by atoms with Crippen molar-refractivity contribution in [2.24, 2.45) is 5.92 Å². The molecule has 0 aliphatic carbocycles. The molecule has 2 N–H and O–H groups in total. The van der Waals surface area contributed by atoms with Crippen LogP contribution in [0.15, 0.2) is 18.2 Å². The molecule has 1 aromatic carbocycles. The van der Waals surface area contributed by atoms with Crippen molar-refractivity contribution in [3.8, 4) is 0 Å². The van der Waals surface area contributed by atoms with Crippen LogP contribution in [0.1, 0.15) is 18.9 Å². The summed E-state index contributed by atoms with van der Waals surface area (Å²) in [5.74, 6) is -0.253. The Hall–Kier alpha value is -1.42. The molecule has 3 nitrogen and oxygen atoms in total. The summed E-state index contributed by atoms with van der Waals surface area (Å²) in [7, 11) is 0. The third kappa shape index (κ3) is 2.64. The predicted octanol–water partition coefficient (Wildman–Crippen LogP) is 2.07. The number of aryl methyl sites for hydroxylation is 1. The monoisotopic (exact) mass is 236 g/mol. The molecule has 0 aromatic heterocycles. The van der Waals surface area contributed by atoms with E-state index in [1.807, 2.05) is 13.8 Å². The van der Waals surface area contributed by atoms with Crippen LogP contribution >= 0.6 is 0 Å². The molecular weight excluding hydrogens is 219 g/mol. The minimum atomic E-state index is -0.394. The first-order valence-electron chi connectivity index (χ1n) is 5.88. The van der Waals surface area contributed by atoms with Gasteiger partial charge in [0.25, 0.3) is 0 Å². The van der Waals surface area contributed by atoms with Crippen molar-refractivity contribution in [1.82, 2.24) is 5.32 Å². The molecule has 1 aliphatic heterocycles. The summed E-state index contributed by atoms with van der Waals surface area (Å²) in [6.45, 7) is 4.73. The maximum atomic E-state index is 13.5. The molecule has 1 aromatic rings. The highest BCUT2D eigenvalue weighted by atomic mass is 19.1. The van der Waals surface area contributed by atoms with Crippen molar-refractivity contribution in [2.45, 2.75) is 26.3 Å². The van der Waals surface area contributed by atoms with E-state index in [4.69, 9.17) is 0 Å². The first kappa shape index (κ1) is 12.0. The Morgan fingerprint density at radius 1 is 1.53 bits per heavy atom. The Morgan fingerprint density at radius 2 is 2.29 bits per heavy atom. The zero-order valence-corrected chi connectivity index (χ0v) is 10.1. The van der Waals surface area contributed by atoms with Gasteiger partial charge in [0.1, 0.15) is 5.82 Å². The molecule has 1 fully saturated rings. The van der Waals surface area contributed by atoms with E-state index in [0.717, 1.165) is 18.5 Å². The van der Waals surface area contributed by atoms with Crippen LogP contribution in [0.25, 0.3) is 0 Å². The molecule has 1 heterocycles. The number of rotatable bonds is 2. The molecule has 0 radical (unpaired) electrons. The lowest BCUT2D eigenvalue weighted by atomic mass is 10.0. The smallest absolute Gasteiger partial charge is 0.241 e. The molecular formula is C13H17FN2O. The number of carbonyl (C=O) groups is 1. The predicted molar refractivity (Wildman–Crippen MR) is 65.3 cm³/mol. The van der Waals surface area contributed by atoms with Crippen molar-refractivity contribution in [3.05, 3.63) is 29.6 Å². The number of benzene rings is 1. The quantitative estimate of drug-likeness (QED) is 0.825. The molecule has 2 atom stereocenters. The average molecular weight is 236 g/mol. The topological polar surface area (TPSA) is 41.1 Å². The van der Waals surface area contributed by atoms with Gasteiger partial charge in [-0.05, 0) is 43.5 Å². The average Bonchev–Trinajstić information content (AvgIpc) is 2.70. The number of halogens is 1. The van der Waals surface area contributed by atoms with Gasteiger partial charge >= 0.3 is 0 Å². The van der Waals surface area contributed by atoms with Crippen molar-refractivity contribution >= 4 is 11.6 Å². The standard InChI is InChI=1S/C13H17FN2O/c1-8-3-4-10(14)11(7-8)16-13(17)12-9(2)5-6-15-12/h3-4,7,9,12,15H,5-6H2,1-2H3,(H,16,17). The van der Waals surface area contributed by atoms with Gasteiger partial charge in [0.2, 0.25) is 5.91 Å². The molecule has 0 saturated carbocycles. The molecule has 92 valence electrons. The summed E-state index contributed by atoms with van der Waals surface area (Å²) >= 11 is 0. The van der Waals surface area contributed by atoms with Crippen LogP contribution in [0.2, 0.25) is 0 Å². The Balaban J connectivity index is 2.10. The number of hydrogen-bond acceptors (Lipinski definition) is 2. The summed E-state index contributed by atoms with van der Waals surface area (Å²) in [4.78, 5) is 11.9. The van der Waals surface area contributed by atoms with Crippen LogP contribution in [-0.4, -0.2) is 18.5 Å². The third-order valence-electron chi connectivity index (χ3n) is 3.20. The van der Waals surface area contributed by atoms with Crippen LogP contribution < -0.4 is 10.6 Å². The zero-order chi connectivity index (χ0) is 12.4. The van der Waals surface area contributed by atoms with E-state index >= 15 is 0 Å². The lowest BCUT2D eigenvalue weighted by molar-refractivity contribution is -0.118. The van der Waals surface area contributed by atoms with E-state index < -0.39 is 5.82 Å². The minimum absolute atomic E-state index is 0.153. The van der Waals surface area contributed by atoms with E-state index in [-0.39, 0.29) is 17.6 Å². The Kier molecular flexibility index (Phi) is 3.43. The summed E-state index contributed by atoms with van der Waals surface area (Å²) in [6.07, 6.45) is 0.981. The lowest BCUT2D eigenvalue weighted by Crippen LogP contribution is -2.39. The molecule has 1 aliphatic rings. The highest BCUT2D eigenvalue weighted by molar-refractivity contribution is 5.95. The van der Waals surface area contributed by atoms with Gasteiger partial charge in [-0.1, -0.05) is 13.0 Å². The third-order valence-corrected chi connectivity index (χ3v) is 3.20. The number of nitrogens with one attached hydrogen (secondary N) is 2. The van der Waals surface area contributed by atoms with Gasteiger partial charge in [0.05, 0.1) is 11.7 Å². The number of carbonyl (C=O) groups excluding carboxylic acids is 1. The van der Waals surface area contributed by atoms with Crippen LogP contribution in [-0.2, 0) is 4.79 Å². The molecule has 2 rings (SSSR count). The normalized spacial score (nSPS) is 23.7. The van der Waals surface area contributed by atoms with Crippen molar-refractivity contribution in [2.75, 3.05) is 11.9 Å². The number of amides is 1. The minimum Gasteiger partial charge on any atom is -0.322 e. The molecule has 1 saturated heterocycles. The van der Waals surface area contributed by atoms with E-state index in [1.54, 1.807) is 12.1 Å². The van der Waals surface area contributed by atoms with Crippen LogP contribution in [0, 0.1) is 18.7 Å². The number of anilines is 1. The van der Waals surface area contributed by atoms with E-state index in [2.05, 4.69) is 10.6 Å². The Labute approximate surface area is 100 Å². The van der Waals surface area contributed by atoms with Gasteiger partial charge in [0.15, 0.2) is 0 Å². The molecule has 0 bridgehead atoms. The van der Waals surface area contributed by atoms with E-state index in [1.165, 1.54) is 6.07 Å². The fraction of sp³-hybridized carbons (Fsp3) is 0.462. The second kappa shape index (κ2) is 4.84. The fourth-order valence-electron chi connectivity index (χ4n) is 2.13. The van der Waals surface area contributed by atoms with Crippen LogP contribution in [0.5, 0.6) is 0 Å². The van der Waals surface area contributed by atoms with Crippen molar-refractivity contribution in [1.29, 1.82) is 0 Å². The summed E-state index contributed by atoms with van der Waals surface area (Å²) in [5, 5.41) is 5.77. The van der Waals surface area contributed by atoms with Gasteiger partial charge in [-0.2, -0.15) is 0 Å². The van der Waals surface area contributed by atoms with Crippen molar-refractivity contribution < 1.29 is 9.18 Å². The Bertz CT molecular complexity index is 433. The zero-order valence-electron chi connectivity index (χ0n) is 10.1. The van der Waals surface area contributed by atoms with E-state index in [0.29, 0.717) is 5.92 Å². The first-order valence-corrected chi connectivity index (χ1v) is 5.88. The van der Waals surface area contributed by atoms with Gasteiger partial charge in [-0.15, -0.1) is 0 Å². The molecule has 17 heavy (non-hydrogen) atoms. The number of hydrogen-bond donors (Lipinski definition) is 2. The fourth-order valence-corrected chi connectivity index (χ4v) is 2.13. The highest BCUT2D eigenvalue weighted by Crippen LogP contribution is 2.19. The summed E-state index contributed by atoms with van der Waals surface area (Å²) in [6, 6.07) is 4.49. The lowest BCUT2D eigenvalue weighted by Gasteiger charge is -2.16. The highest BCUT2D eigenvalue weighted by Gasteiger charge is 2.29. The van der Waals surface area contributed by atoms with Gasteiger partial charge in [0, 0.05) is 0 Å². The molecule has 1 amide bonds. The van der Waals surface area contributed by atoms with Gasteiger partial charge in [-0.3, -0.25) is 4.79 Å². The van der Waals surface area contributed by atoms with Gasteiger partial charge < -0.3 is 10.6 Å². The molecule has 0 spiro atoms. The summed E-state index contributed by atoms with van der Waals surface area (Å²) in [5.41, 5.74) is 1.19. The maximum Gasteiger partial charge on any atom is 0.241 e. The second-order valence-corrected chi connectivity index (χ2v) is 4.67. The maximum absolute atomic E-state index is 13.5. The van der Waals surface area contributed by atoms with E-state index in [9.17, 15) is 9.18 Å². The van der Waals surface area contributed by atoms with Crippen LogP contribution in [0.4, 0.5) is 10.1 Å². The summed E-state index contributed by atoms with van der Waals surface area (Å²) < 4.78 is 13.5. The van der Waals surface area contributed by atoms with Crippen LogP contribution in [0.3, 0.4) is 0 Å². The van der Waals surface area contributed by atoms with Crippen molar-refractivity contribution in [3.63, 3.8) is 0 Å². The molecule has 4 heteroatoms. The first-order chi connectivity index (χ1) is 8.08. The molecule has 2 unspecified atom stereocenters.